The van der Waals surface area contributed by atoms with Gasteiger partial charge in [-0.2, -0.15) is 0 Å². The predicted octanol–water partition coefficient (Wildman–Crippen LogP) is 1.09. The van der Waals surface area contributed by atoms with Crippen molar-refractivity contribution in [3.63, 3.8) is 0 Å². The third-order valence-corrected chi connectivity index (χ3v) is 5.10. The Labute approximate surface area is 90.6 Å². The van der Waals surface area contributed by atoms with Crippen LogP contribution in [0.3, 0.4) is 0 Å². The molecule has 1 saturated heterocycles. The molecule has 0 spiro atoms. The molecule has 0 saturated carbocycles. The van der Waals surface area contributed by atoms with Crippen molar-refractivity contribution in [2.45, 2.75) is 11.3 Å². The van der Waals surface area contributed by atoms with Crippen molar-refractivity contribution < 1.29 is 8.42 Å². The first-order chi connectivity index (χ1) is 7.02. The molecule has 0 aliphatic carbocycles. The second-order valence-electron chi connectivity index (χ2n) is 4.19. The number of hydrogen-bond acceptors (Lipinski definition) is 3. The quantitative estimate of drug-likeness (QED) is 0.756. The Balaban J connectivity index is 2.34. The van der Waals surface area contributed by atoms with Crippen LogP contribution >= 0.6 is 0 Å². The molecule has 1 aromatic carbocycles. The summed E-state index contributed by atoms with van der Waals surface area (Å²) in [6, 6.07) is 9.57. The van der Waals surface area contributed by atoms with E-state index in [9.17, 15) is 8.42 Å². The van der Waals surface area contributed by atoms with Gasteiger partial charge in [-0.3, -0.25) is 0 Å². The monoisotopic (exact) mass is 225 g/mol. The summed E-state index contributed by atoms with van der Waals surface area (Å²) in [7, 11) is 0.941. The van der Waals surface area contributed by atoms with E-state index in [0.29, 0.717) is 0 Å². The molecule has 0 bridgehead atoms. The lowest BCUT2D eigenvalue weighted by Gasteiger charge is -2.40. The van der Waals surface area contributed by atoms with Crippen molar-refractivity contribution >= 4 is 9.84 Å². The summed E-state index contributed by atoms with van der Waals surface area (Å²) in [6.45, 7) is 0. The van der Waals surface area contributed by atoms with Gasteiger partial charge in [0.15, 0.2) is 9.84 Å². The molecule has 0 radical (unpaired) electrons. The molecule has 4 heteroatoms. The van der Waals surface area contributed by atoms with Crippen LogP contribution in [0.1, 0.15) is 10.8 Å². The molecule has 2 unspecified atom stereocenters. The molecular formula is C11H15NO2S. The zero-order chi connectivity index (χ0) is 11.1. The first-order valence-electron chi connectivity index (χ1n) is 4.95. The van der Waals surface area contributed by atoms with Crippen LogP contribution < -0.4 is 0 Å². The standard InChI is InChI=1S/C11H15NO2S/c1-12(2)10-8-15(13,14)11(10)9-6-4-3-5-7-9/h3-7,10-11H,8H2,1-2H3. The zero-order valence-corrected chi connectivity index (χ0v) is 9.74. The Morgan fingerprint density at radius 3 is 2.27 bits per heavy atom. The first-order valence-corrected chi connectivity index (χ1v) is 6.67. The third kappa shape index (κ3) is 1.79. The van der Waals surface area contributed by atoms with Crippen LogP contribution in [0.25, 0.3) is 0 Å². The number of nitrogens with zero attached hydrogens (tertiary/aromatic N) is 1. The van der Waals surface area contributed by atoms with E-state index < -0.39 is 9.84 Å². The van der Waals surface area contributed by atoms with E-state index in [2.05, 4.69) is 0 Å². The van der Waals surface area contributed by atoms with Gasteiger partial charge in [0.05, 0.1) is 5.75 Å². The van der Waals surface area contributed by atoms with Gasteiger partial charge in [0.1, 0.15) is 5.25 Å². The SMILES string of the molecule is CN(C)C1CS(=O)(=O)C1c1ccccc1. The largest absolute Gasteiger partial charge is 0.304 e. The minimum atomic E-state index is -2.91. The minimum absolute atomic E-state index is 0.123. The fourth-order valence-electron chi connectivity index (χ4n) is 2.04. The van der Waals surface area contributed by atoms with Gasteiger partial charge in [-0.05, 0) is 19.7 Å². The normalized spacial score (nSPS) is 28.7. The highest BCUT2D eigenvalue weighted by Crippen LogP contribution is 2.38. The minimum Gasteiger partial charge on any atom is -0.304 e. The predicted molar refractivity (Wildman–Crippen MR) is 60.4 cm³/mol. The van der Waals surface area contributed by atoms with Crippen LogP contribution in [0.5, 0.6) is 0 Å². The Kier molecular flexibility index (Phi) is 2.56. The lowest BCUT2D eigenvalue weighted by atomic mass is 10.0. The number of sulfone groups is 1. The van der Waals surface area contributed by atoms with Gasteiger partial charge < -0.3 is 4.90 Å². The van der Waals surface area contributed by atoms with Crippen molar-refractivity contribution in [2.75, 3.05) is 19.8 Å². The van der Waals surface area contributed by atoms with E-state index in [1.807, 2.05) is 49.3 Å². The molecule has 1 fully saturated rings. The van der Waals surface area contributed by atoms with Gasteiger partial charge in [-0.15, -0.1) is 0 Å². The highest BCUT2D eigenvalue weighted by atomic mass is 32.2. The highest BCUT2D eigenvalue weighted by molar-refractivity contribution is 7.93. The summed E-state index contributed by atoms with van der Waals surface area (Å²) in [5.74, 6) is 0.277. The van der Waals surface area contributed by atoms with Gasteiger partial charge in [0, 0.05) is 6.04 Å². The van der Waals surface area contributed by atoms with Crippen LogP contribution in [-0.2, 0) is 9.84 Å². The maximum absolute atomic E-state index is 11.7. The summed E-state index contributed by atoms with van der Waals surface area (Å²) < 4.78 is 23.4. The van der Waals surface area contributed by atoms with Crippen molar-refractivity contribution in [1.82, 2.24) is 4.90 Å². The summed E-state index contributed by atoms with van der Waals surface area (Å²) >= 11 is 0. The average Bonchev–Trinajstić information content (AvgIpc) is 2.16. The average molecular weight is 225 g/mol. The molecule has 15 heavy (non-hydrogen) atoms. The van der Waals surface area contributed by atoms with Crippen molar-refractivity contribution in [2.24, 2.45) is 0 Å². The number of rotatable bonds is 2. The summed E-state index contributed by atoms with van der Waals surface area (Å²) in [4.78, 5) is 1.98. The van der Waals surface area contributed by atoms with E-state index in [1.54, 1.807) is 0 Å². The van der Waals surface area contributed by atoms with E-state index in [4.69, 9.17) is 0 Å². The van der Waals surface area contributed by atoms with Gasteiger partial charge in [-0.25, -0.2) is 8.42 Å². The molecule has 1 aliphatic rings. The summed E-state index contributed by atoms with van der Waals surface area (Å²) in [5, 5.41) is -0.339. The van der Waals surface area contributed by atoms with Crippen molar-refractivity contribution in [3.8, 4) is 0 Å². The third-order valence-electron chi connectivity index (χ3n) is 2.93. The molecule has 82 valence electrons. The zero-order valence-electron chi connectivity index (χ0n) is 8.92. The smallest absolute Gasteiger partial charge is 0.160 e. The fourth-order valence-corrected chi connectivity index (χ4v) is 4.24. The molecular weight excluding hydrogens is 210 g/mol. The second kappa shape index (κ2) is 3.61. The van der Waals surface area contributed by atoms with Gasteiger partial charge in [0.2, 0.25) is 0 Å². The summed E-state index contributed by atoms with van der Waals surface area (Å²) in [5.41, 5.74) is 0.905. The lowest BCUT2D eigenvalue weighted by Crippen LogP contribution is -2.52. The van der Waals surface area contributed by atoms with Crippen LogP contribution in [0, 0.1) is 0 Å². The van der Waals surface area contributed by atoms with E-state index in [-0.39, 0.29) is 17.0 Å². The van der Waals surface area contributed by atoms with E-state index in [0.717, 1.165) is 5.56 Å². The molecule has 2 atom stereocenters. The molecule has 0 aromatic heterocycles. The Morgan fingerprint density at radius 2 is 1.80 bits per heavy atom. The molecule has 1 aromatic rings. The maximum atomic E-state index is 11.7. The first kappa shape index (κ1) is 10.6. The Morgan fingerprint density at radius 1 is 1.20 bits per heavy atom. The molecule has 1 aliphatic heterocycles. The summed E-state index contributed by atoms with van der Waals surface area (Å²) in [6.07, 6.45) is 0. The van der Waals surface area contributed by atoms with Gasteiger partial charge in [-0.1, -0.05) is 30.3 Å². The van der Waals surface area contributed by atoms with Gasteiger partial charge >= 0.3 is 0 Å². The van der Waals surface area contributed by atoms with E-state index in [1.165, 1.54) is 0 Å². The number of hydrogen-bond donors (Lipinski definition) is 0. The second-order valence-corrected chi connectivity index (χ2v) is 6.36. The van der Waals surface area contributed by atoms with Crippen LogP contribution in [-0.4, -0.2) is 39.2 Å². The molecule has 0 N–H and O–H groups in total. The Bertz CT molecular complexity index is 439. The fraction of sp³-hybridized carbons (Fsp3) is 0.455. The molecule has 2 rings (SSSR count). The lowest BCUT2D eigenvalue weighted by molar-refractivity contribution is 0.280. The molecule has 1 heterocycles. The van der Waals surface area contributed by atoms with Crippen molar-refractivity contribution in [3.05, 3.63) is 35.9 Å². The van der Waals surface area contributed by atoms with Crippen LogP contribution in [0.15, 0.2) is 30.3 Å². The number of benzene rings is 1. The molecule has 0 amide bonds. The Hall–Kier alpha value is -0.870. The number of likely N-dealkylation sites (N-methyl/N-ethyl adjacent to an activating group) is 1. The van der Waals surface area contributed by atoms with E-state index >= 15 is 0 Å². The highest BCUT2D eigenvalue weighted by Gasteiger charge is 2.47. The van der Waals surface area contributed by atoms with Crippen molar-refractivity contribution in [1.29, 1.82) is 0 Å². The maximum Gasteiger partial charge on any atom is 0.160 e. The van der Waals surface area contributed by atoms with Crippen LogP contribution in [0.2, 0.25) is 0 Å². The van der Waals surface area contributed by atoms with Crippen LogP contribution in [0.4, 0.5) is 0 Å². The molecule has 3 nitrogen and oxygen atoms in total. The van der Waals surface area contributed by atoms with Gasteiger partial charge in [0.25, 0.3) is 0 Å². The topological polar surface area (TPSA) is 37.4 Å².